The molecular formula is C6H10N2S. The van der Waals surface area contributed by atoms with Gasteiger partial charge in [0.05, 0.1) is 0 Å². The maximum atomic E-state index is 5.06. The van der Waals surface area contributed by atoms with Crippen LogP contribution in [0.1, 0.15) is 6.92 Å². The Balaban J connectivity index is 3.25. The quantitative estimate of drug-likeness (QED) is 0.370. The Morgan fingerprint density at radius 1 is 1.44 bits per heavy atom. The molecule has 0 aliphatic carbocycles. The normalized spacial score (nSPS) is 12.6. The molecule has 0 atom stereocenters. The molecular weight excluding hydrogens is 132 g/mol. The molecule has 0 fully saturated rings. The first-order chi connectivity index (χ1) is 4.41. The first-order valence-corrected chi connectivity index (χ1v) is 3.42. The summed E-state index contributed by atoms with van der Waals surface area (Å²) in [4.78, 5) is 0. The van der Waals surface area contributed by atoms with E-state index < -0.39 is 0 Å². The molecule has 0 bridgehead atoms. The topological polar surface area (TPSA) is 38.4 Å². The van der Waals surface area contributed by atoms with Crippen LogP contribution < -0.4 is 5.73 Å². The molecule has 0 rings (SSSR count). The van der Waals surface area contributed by atoms with Gasteiger partial charge in [-0.2, -0.15) is 0 Å². The van der Waals surface area contributed by atoms with Gasteiger partial charge in [-0.1, -0.05) is 6.08 Å². The molecule has 0 aliphatic rings. The van der Waals surface area contributed by atoms with Crippen LogP contribution in [0.3, 0.4) is 0 Å². The average molecular weight is 142 g/mol. The van der Waals surface area contributed by atoms with Gasteiger partial charge in [0.25, 0.3) is 0 Å². The van der Waals surface area contributed by atoms with Crippen molar-refractivity contribution in [3.63, 3.8) is 0 Å². The Morgan fingerprint density at radius 2 is 2.22 bits per heavy atom. The molecule has 0 saturated carbocycles. The van der Waals surface area contributed by atoms with E-state index in [-0.39, 0.29) is 0 Å². The first kappa shape index (κ1) is 8.30. The monoisotopic (exact) mass is 142 g/mol. The van der Waals surface area contributed by atoms with Gasteiger partial charge in [-0.3, -0.25) is 0 Å². The molecule has 3 heteroatoms. The van der Waals surface area contributed by atoms with Crippen LogP contribution in [0.25, 0.3) is 0 Å². The second-order valence-corrected chi connectivity index (χ2v) is 1.88. The Hall–Kier alpha value is -0.700. The van der Waals surface area contributed by atoms with Gasteiger partial charge >= 0.3 is 0 Å². The highest BCUT2D eigenvalue weighted by molar-refractivity contribution is 8.01. The number of rotatable bonds is 3. The standard InChI is InChI=1S/C6H10N2S/c1-2-8-9-6-4-3-5-7/h2-6H,7H2,1H3/b5-3+,6-4-,8-2?. The highest BCUT2D eigenvalue weighted by Crippen LogP contribution is 2.01. The van der Waals surface area contributed by atoms with Crippen molar-refractivity contribution in [1.29, 1.82) is 0 Å². The van der Waals surface area contributed by atoms with Gasteiger partial charge in [0.1, 0.15) is 0 Å². The van der Waals surface area contributed by atoms with Crippen molar-refractivity contribution in [3.05, 3.63) is 23.8 Å². The van der Waals surface area contributed by atoms with E-state index in [1.807, 2.05) is 18.4 Å². The minimum Gasteiger partial charge on any atom is -0.405 e. The van der Waals surface area contributed by atoms with Crippen LogP contribution in [-0.4, -0.2) is 6.21 Å². The fourth-order valence-corrected chi connectivity index (χ4v) is 0.594. The number of hydrogen-bond donors (Lipinski definition) is 1. The number of hydrogen-bond acceptors (Lipinski definition) is 3. The van der Waals surface area contributed by atoms with Crippen molar-refractivity contribution >= 4 is 18.2 Å². The first-order valence-electron chi connectivity index (χ1n) is 2.59. The lowest BCUT2D eigenvalue weighted by Gasteiger charge is -1.75. The smallest absolute Gasteiger partial charge is 0.00986 e. The van der Waals surface area contributed by atoms with Gasteiger partial charge < -0.3 is 5.73 Å². The maximum Gasteiger partial charge on any atom is 0.00986 e. The second kappa shape index (κ2) is 7.30. The zero-order valence-electron chi connectivity index (χ0n) is 5.32. The molecule has 2 N–H and O–H groups in total. The molecule has 0 aromatic rings. The summed E-state index contributed by atoms with van der Waals surface area (Å²) in [5.41, 5.74) is 5.06. The summed E-state index contributed by atoms with van der Waals surface area (Å²) in [6.45, 7) is 1.87. The lowest BCUT2D eigenvalue weighted by atomic mass is 10.6. The van der Waals surface area contributed by atoms with Gasteiger partial charge in [-0.25, -0.2) is 4.40 Å². The Kier molecular flexibility index (Phi) is 6.73. The summed E-state index contributed by atoms with van der Waals surface area (Å²) >= 11 is 1.38. The van der Waals surface area contributed by atoms with Gasteiger partial charge in [0, 0.05) is 18.2 Å². The zero-order valence-corrected chi connectivity index (χ0v) is 6.14. The third kappa shape index (κ3) is 7.30. The Bertz CT molecular complexity index is 127. The van der Waals surface area contributed by atoms with Crippen molar-refractivity contribution in [1.82, 2.24) is 0 Å². The van der Waals surface area contributed by atoms with Gasteiger partial charge in [-0.15, -0.1) is 0 Å². The van der Waals surface area contributed by atoms with Gasteiger partial charge in [-0.05, 0) is 24.6 Å². The Labute approximate surface area is 59.7 Å². The van der Waals surface area contributed by atoms with E-state index in [0.717, 1.165) is 0 Å². The summed E-state index contributed by atoms with van der Waals surface area (Å²) in [5, 5.41) is 1.85. The van der Waals surface area contributed by atoms with Crippen LogP contribution in [-0.2, 0) is 0 Å². The SMILES string of the molecule is CC=NS/C=C\C=C\N. The van der Waals surface area contributed by atoms with E-state index in [2.05, 4.69) is 4.40 Å². The van der Waals surface area contributed by atoms with Crippen molar-refractivity contribution in [2.45, 2.75) is 6.92 Å². The van der Waals surface area contributed by atoms with E-state index >= 15 is 0 Å². The summed E-state index contributed by atoms with van der Waals surface area (Å²) in [6.07, 6.45) is 6.80. The molecule has 0 aliphatic heterocycles. The molecule has 0 aromatic heterocycles. The summed E-state index contributed by atoms with van der Waals surface area (Å²) in [7, 11) is 0. The lowest BCUT2D eigenvalue weighted by molar-refractivity contribution is 1.60. The number of nitrogens with two attached hydrogens (primary N) is 1. The van der Waals surface area contributed by atoms with Crippen molar-refractivity contribution in [2.24, 2.45) is 10.1 Å². The molecule has 0 spiro atoms. The fraction of sp³-hybridized carbons (Fsp3) is 0.167. The third-order valence-corrected chi connectivity index (χ3v) is 1.14. The highest BCUT2D eigenvalue weighted by Gasteiger charge is 1.65. The molecule has 9 heavy (non-hydrogen) atoms. The van der Waals surface area contributed by atoms with Crippen molar-refractivity contribution < 1.29 is 0 Å². The van der Waals surface area contributed by atoms with Crippen LogP contribution in [0.4, 0.5) is 0 Å². The molecule has 2 nitrogen and oxygen atoms in total. The molecule has 0 aromatic carbocycles. The van der Waals surface area contributed by atoms with Gasteiger partial charge in [0.15, 0.2) is 0 Å². The molecule has 0 saturated heterocycles. The largest absolute Gasteiger partial charge is 0.405 e. The van der Waals surface area contributed by atoms with Crippen LogP contribution in [0.15, 0.2) is 28.2 Å². The van der Waals surface area contributed by atoms with Crippen LogP contribution in [0.5, 0.6) is 0 Å². The molecule has 0 radical (unpaired) electrons. The van der Waals surface area contributed by atoms with Gasteiger partial charge in [0.2, 0.25) is 0 Å². The fourth-order valence-electron chi connectivity index (χ4n) is 0.241. The average Bonchev–Trinajstić information content (AvgIpc) is 1.89. The van der Waals surface area contributed by atoms with Crippen molar-refractivity contribution in [3.8, 4) is 0 Å². The number of nitrogens with zero attached hydrogens (tertiary/aromatic N) is 1. The van der Waals surface area contributed by atoms with E-state index in [1.54, 1.807) is 12.3 Å². The minimum atomic E-state index is 1.38. The van der Waals surface area contributed by atoms with Crippen LogP contribution in [0, 0.1) is 0 Å². The minimum absolute atomic E-state index is 1.38. The third-order valence-electron chi connectivity index (χ3n) is 0.528. The van der Waals surface area contributed by atoms with E-state index in [0.29, 0.717) is 0 Å². The molecule has 0 amide bonds. The lowest BCUT2D eigenvalue weighted by Crippen LogP contribution is -1.71. The predicted molar refractivity (Wildman–Crippen MR) is 44.2 cm³/mol. The second-order valence-electron chi connectivity index (χ2n) is 1.18. The number of allylic oxidation sites excluding steroid dienone is 2. The molecule has 0 unspecified atom stereocenters. The predicted octanol–water partition coefficient (Wildman–Crippen LogP) is 1.71. The Morgan fingerprint density at radius 3 is 2.78 bits per heavy atom. The van der Waals surface area contributed by atoms with Crippen molar-refractivity contribution in [2.75, 3.05) is 0 Å². The van der Waals surface area contributed by atoms with Crippen LogP contribution >= 0.6 is 11.9 Å². The molecule has 50 valence electrons. The highest BCUT2D eigenvalue weighted by atomic mass is 32.2. The van der Waals surface area contributed by atoms with E-state index in [9.17, 15) is 0 Å². The summed E-state index contributed by atoms with van der Waals surface area (Å²) in [6, 6.07) is 0. The van der Waals surface area contributed by atoms with Crippen LogP contribution in [0.2, 0.25) is 0 Å². The molecule has 0 heterocycles. The maximum absolute atomic E-state index is 5.06. The zero-order chi connectivity index (χ0) is 6.95. The van der Waals surface area contributed by atoms with E-state index in [1.165, 1.54) is 18.1 Å². The van der Waals surface area contributed by atoms with E-state index in [4.69, 9.17) is 5.73 Å². The summed E-state index contributed by atoms with van der Waals surface area (Å²) < 4.78 is 3.87. The summed E-state index contributed by atoms with van der Waals surface area (Å²) in [5.74, 6) is 0.